The molecule has 112 valence electrons. The molecule has 1 amide bonds. The van der Waals surface area contributed by atoms with Crippen LogP contribution in [0.5, 0.6) is 0 Å². The monoisotopic (exact) mass is 337 g/mol. The number of thiazole rings is 1. The summed E-state index contributed by atoms with van der Waals surface area (Å²) in [4.78, 5) is 21.6. The highest BCUT2D eigenvalue weighted by atomic mass is 35.5. The molecule has 9 heteroatoms. The lowest BCUT2D eigenvalue weighted by molar-refractivity contribution is 0.0993. The Balaban J connectivity index is 1.94. The van der Waals surface area contributed by atoms with Gasteiger partial charge in [-0.3, -0.25) is 14.9 Å². The Morgan fingerprint density at radius 2 is 2.23 bits per heavy atom. The third-order valence-electron chi connectivity index (χ3n) is 2.88. The normalized spacial score (nSPS) is 10.7. The lowest BCUT2D eigenvalue weighted by Gasteiger charge is -2.13. The van der Waals surface area contributed by atoms with Gasteiger partial charge in [-0.2, -0.15) is 5.10 Å². The fraction of sp³-hybridized carbons (Fsp3) is 0.0769. The maximum atomic E-state index is 13.2. The first-order valence-corrected chi connectivity index (χ1v) is 7.30. The van der Waals surface area contributed by atoms with Gasteiger partial charge < -0.3 is 4.90 Å². The predicted molar refractivity (Wildman–Crippen MR) is 81.6 cm³/mol. The summed E-state index contributed by atoms with van der Waals surface area (Å²) in [7, 11) is 1.59. The van der Waals surface area contributed by atoms with E-state index in [0.29, 0.717) is 21.1 Å². The number of aromatic amines is 1. The summed E-state index contributed by atoms with van der Waals surface area (Å²) in [5, 5.41) is 7.43. The summed E-state index contributed by atoms with van der Waals surface area (Å²) in [6, 6.07) is 1.31. The van der Waals surface area contributed by atoms with Gasteiger partial charge in [-0.25, -0.2) is 9.37 Å². The number of H-pyrrole nitrogens is 1. The van der Waals surface area contributed by atoms with E-state index in [4.69, 9.17) is 11.6 Å². The quantitative estimate of drug-likeness (QED) is 0.797. The molecule has 3 aromatic heterocycles. The Labute approximate surface area is 133 Å². The van der Waals surface area contributed by atoms with Crippen LogP contribution in [0.4, 0.5) is 9.39 Å². The molecular weight excluding hydrogens is 329 g/mol. The van der Waals surface area contributed by atoms with Gasteiger partial charge in [0.1, 0.15) is 15.8 Å². The van der Waals surface area contributed by atoms with Crippen molar-refractivity contribution < 1.29 is 9.18 Å². The van der Waals surface area contributed by atoms with Crippen molar-refractivity contribution >= 4 is 33.8 Å². The number of carbonyl (C=O) groups is 1. The van der Waals surface area contributed by atoms with Crippen LogP contribution in [0, 0.1) is 5.82 Å². The lowest BCUT2D eigenvalue weighted by Crippen LogP contribution is -2.25. The van der Waals surface area contributed by atoms with Gasteiger partial charge in [0.2, 0.25) is 0 Å². The third kappa shape index (κ3) is 2.70. The Morgan fingerprint density at radius 1 is 1.41 bits per heavy atom. The minimum atomic E-state index is -0.465. The Kier molecular flexibility index (Phi) is 3.86. The van der Waals surface area contributed by atoms with Gasteiger partial charge in [0.25, 0.3) is 5.91 Å². The molecule has 0 aromatic carbocycles. The van der Waals surface area contributed by atoms with E-state index in [1.807, 2.05) is 0 Å². The van der Waals surface area contributed by atoms with Gasteiger partial charge >= 0.3 is 0 Å². The van der Waals surface area contributed by atoms with Crippen LogP contribution in [0.25, 0.3) is 10.6 Å². The van der Waals surface area contributed by atoms with Crippen molar-refractivity contribution in [2.45, 2.75) is 0 Å². The second kappa shape index (κ2) is 5.82. The zero-order valence-electron chi connectivity index (χ0n) is 11.2. The van der Waals surface area contributed by atoms with Crippen LogP contribution in [0.1, 0.15) is 10.4 Å². The first kappa shape index (κ1) is 14.6. The van der Waals surface area contributed by atoms with E-state index in [1.54, 1.807) is 7.05 Å². The second-order valence-electron chi connectivity index (χ2n) is 4.36. The zero-order chi connectivity index (χ0) is 15.7. The average Bonchev–Trinajstić information content (AvgIpc) is 3.15. The van der Waals surface area contributed by atoms with Crippen molar-refractivity contribution in [2.75, 3.05) is 11.9 Å². The van der Waals surface area contributed by atoms with E-state index < -0.39 is 5.82 Å². The van der Waals surface area contributed by atoms with Gasteiger partial charge in [0, 0.05) is 25.0 Å². The van der Waals surface area contributed by atoms with E-state index >= 15 is 0 Å². The van der Waals surface area contributed by atoms with Crippen LogP contribution >= 0.6 is 22.9 Å². The number of hydrogen-bond donors (Lipinski definition) is 1. The minimum absolute atomic E-state index is 0.170. The molecule has 0 saturated heterocycles. The van der Waals surface area contributed by atoms with Crippen LogP contribution in [0.15, 0.2) is 30.9 Å². The fourth-order valence-electron chi connectivity index (χ4n) is 1.81. The van der Waals surface area contributed by atoms with E-state index in [9.17, 15) is 9.18 Å². The summed E-state index contributed by atoms with van der Waals surface area (Å²) < 4.78 is 13.2. The fourth-order valence-corrected chi connectivity index (χ4v) is 3.08. The number of pyridine rings is 1. The van der Waals surface area contributed by atoms with Crippen molar-refractivity contribution in [1.29, 1.82) is 0 Å². The first-order valence-electron chi connectivity index (χ1n) is 6.10. The number of carbonyl (C=O) groups excluding carboxylic acids is 1. The van der Waals surface area contributed by atoms with E-state index in [2.05, 4.69) is 20.2 Å². The van der Waals surface area contributed by atoms with E-state index in [0.717, 1.165) is 6.20 Å². The molecule has 0 fully saturated rings. The third-order valence-corrected chi connectivity index (χ3v) is 4.43. The molecule has 0 aliphatic carbocycles. The first-order chi connectivity index (χ1) is 10.6. The Morgan fingerprint density at radius 3 is 2.91 bits per heavy atom. The molecule has 3 rings (SSSR count). The molecule has 3 heterocycles. The summed E-state index contributed by atoms with van der Waals surface area (Å²) in [5.41, 5.74) is 0.906. The van der Waals surface area contributed by atoms with Gasteiger partial charge in [-0.05, 0) is 6.07 Å². The smallest absolute Gasteiger partial charge is 0.261 e. The Bertz CT molecular complexity index is 820. The molecule has 0 aliphatic rings. The summed E-state index contributed by atoms with van der Waals surface area (Å²) >= 11 is 7.28. The molecule has 6 nitrogen and oxygen atoms in total. The van der Waals surface area contributed by atoms with Gasteiger partial charge in [0.05, 0.1) is 18.0 Å². The van der Waals surface area contributed by atoms with Gasteiger partial charge in [0.15, 0.2) is 5.15 Å². The van der Waals surface area contributed by atoms with Crippen LogP contribution < -0.4 is 4.90 Å². The number of hydrogen-bond acceptors (Lipinski definition) is 5. The number of aromatic nitrogens is 4. The van der Waals surface area contributed by atoms with Crippen molar-refractivity contribution in [3.8, 4) is 10.6 Å². The number of anilines is 1. The van der Waals surface area contributed by atoms with Crippen LogP contribution in [-0.4, -0.2) is 33.1 Å². The van der Waals surface area contributed by atoms with Gasteiger partial charge in [-0.15, -0.1) is 0 Å². The van der Waals surface area contributed by atoms with Crippen LogP contribution in [0.3, 0.4) is 0 Å². The molecule has 0 radical (unpaired) electrons. The topological polar surface area (TPSA) is 74.8 Å². The second-order valence-corrected chi connectivity index (χ2v) is 5.69. The highest BCUT2D eigenvalue weighted by molar-refractivity contribution is 7.19. The number of nitrogens with zero attached hydrogens (tertiary/aromatic N) is 4. The lowest BCUT2D eigenvalue weighted by atomic mass is 10.3. The van der Waals surface area contributed by atoms with Crippen molar-refractivity contribution in [3.63, 3.8) is 0 Å². The molecule has 0 spiro atoms. The molecule has 0 saturated carbocycles. The molecule has 3 aromatic rings. The van der Waals surface area contributed by atoms with Crippen LogP contribution in [0.2, 0.25) is 5.15 Å². The highest BCUT2D eigenvalue weighted by Gasteiger charge is 2.21. The molecule has 0 unspecified atom stereocenters. The maximum absolute atomic E-state index is 13.2. The number of rotatable bonds is 3. The molecule has 22 heavy (non-hydrogen) atoms. The number of halogens is 2. The summed E-state index contributed by atoms with van der Waals surface area (Å²) in [6.07, 6.45) is 5.50. The van der Waals surface area contributed by atoms with E-state index in [-0.39, 0.29) is 11.1 Å². The van der Waals surface area contributed by atoms with Crippen molar-refractivity contribution in [1.82, 2.24) is 20.2 Å². The van der Waals surface area contributed by atoms with Crippen molar-refractivity contribution in [2.24, 2.45) is 0 Å². The molecule has 0 bridgehead atoms. The predicted octanol–water partition coefficient (Wildman–Crippen LogP) is 3.00. The highest BCUT2D eigenvalue weighted by Crippen LogP contribution is 2.37. The average molecular weight is 338 g/mol. The van der Waals surface area contributed by atoms with E-state index in [1.165, 1.54) is 40.9 Å². The largest absolute Gasteiger partial charge is 0.300 e. The number of amides is 1. The zero-order valence-corrected chi connectivity index (χ0v) is 12.8. The standard InChI is InChI=1S/C13H9ClFN5OS/c1-20(12(21)8-4-17-18-5-8)13-10(14)19-11(22-13)7-2-9(15)6-16-3-7/h2-6H,1H3,(H,17,18). The maximum Gasteiger partial charge on any atom is 0.261 e. The van der Waals surface area contributed by atoms with Gasteiger partial charge in [-0.1, -0.05) is 22.9 Å². The van der Waals surface area contributed by atoms with Crippen LogP contribution in [-0.2, 0) is 0 Å². The Hall–Kier alpha value is -2.32. The minimum Gasteiger partial charge on any atom is -0.300 e. The summed E-state index contributed by atoms with van der Waals surface area (Å²) in [5.74, 6) is -0.739. The molecule has 0 atom stereocenters. The molecule has 0 aliphatic heterocycles. The molecule has 1 N–H and O–H groups in total. The molecular formula is C13H9ClFN5OS. The number of nitrogens with one attached hydrogen (secondary N) is 1. The summed E-state index contributed by atoms with van der Waals surface area (Å²) in [6.45, 7) is 0. The van der Waals surface area contributed by atoms with Crippen molar-refractivity contribution in [3.05, 3.63) is 47.4 Å². The SMILES string of the molecule is CN(C(=O)c1cn[nH]c1)c1sc(-c2cncc(F)c2)nc1Cl.